The van der Waals surface area contributed by atoms with Gasteiger partial charge in [-0.25, -0.2) is 0 Å². The highest BCUT2D eigenvalue weighted by molar-refractivity contribution is 9.10. The van der Waals surface area contributed by atoms with Crippen LogP contribution in [-0.4, -0.2) is 11.8 Å². The van der Waals surface area contributed by atoms with Crippen molar-refractivity contribution in [1.82, 2.24) is 0 Å². The topological polar surface area (TPSA) is 12.0 Å². The monoisotopic (exact) mass is 371 g/mol. The number of hydrogen-bond acceptors (Lipinski definition) is 2. The molecule has 0 spiro atoms. The molecular weight excluding hydrogens is 356 g/mol. The van der Waals surface area contributed by atoms with Crippen LogP contribution in [-0.2, 0) is 6.42 Å². The van der Waals surface area contributed by atoms with Gasteiger partial charge in [-0.3, -0.25) is 0 Å². The first-order chi connectivity index (χ1) is 10.0. The van der Waals surface area contributed by atoms with Crippen LogP contribution in [0.3, 0.4) is 0 Å². The molecule has 1 unspecified atom stereocenters. The molecule has 0 saturated heterocycles. The van der Waals surface area contributed by atoms with Crippen molar-refractivity contribution < 1.29 is 8.78 Å². The number of para-hydroxylation sites is 1. The summed E-state index contributed by atoms with van der Waals surface area (Å²) in [5.74, 6) is -2.41. The molecule has 112 valence electrons. The van der Waals surface area contributed by atoms with Gasteiger partial charge in [0.25, 0.3) is 5.76 Å². The van der Waals surface area contributed by atoms with Crippen LogP contribution in [0.1, 0.15) is 12.5 Å². The van der Waals surface area contributed by atoms with Gasteiger partial charge in [-0.05, 0) is 43.2 Å². The van der Waals surface area contributed by atoms with Crippen LogP contribution in [0.4, 0.5) is 14.5 Å². The van der Waals surface area contributed by atoms with Crippen LogP contribution in [0.25, 0.3) is 0 Å². The lowest BCUT2D eigenvalue weighted by atomic mass is 10.1. The number of hydrogen-bond donors (Lipinski definition) is 1. The van der Waals surface area contributed by atoms with E-state index in [1.807, 2.05) is 31.2 Å². The molecule has 0 aliphatic rings. The molecule has 0 fully saturated rings. The predicted molar refractivity (Wildman–Crippen MR) is 89.2 cm³/mol. The smallest absolute Gasteiger partial charge is 0.288 e. The molecule has 1 nitrogen and oxygen atoms in total. The Labute approximate surface area is 136 Å². The van der Waals surface area contributed by atoms with Gasteiger partial charge < -0.3 is 5.32 Å². The number of alkyl halides is 2. The molecule has 2 aromatic carbocycles. The first-order valence-corrected chi connectivity index (χ1v) is 8.26. The van der Waals surface area contributed by atoms with Crippen LogP contribution < -0.4 is 5.32 Å². The van der Waals surface area contributed by atoms with Gasteiger partial charge in [0.2, 0.25) is 0 Å². The Balaban J connectivity index is 2.02. The molecule has 0 saturated carbocycles. The van der Waals surface area contributed by atoms with Crippen molar-refractivity contribution in [3.63, 3.8) is 0 Å². The molecule has 0 bridgehead atoms. The zero-order chi connectivity index (χ0) is 15.2. The second-order valence-electron chi connectivity index (χ2n) is 4.75. The van der Waals surface area contributed by atoms with Crippen molar-refractivity contribution >= 4 is 33.4 Å². The minimum atomic E-state index is -2.41. The third-order valence-corrected chi connectivity index (χ3v) is 4.28. The quantitative estimate of drug-likeness (QED) is 0.643. The molecule has 0 aromatic heterocycles. The molecular formula is C16H16BrF2NS. The zero-order valence-corrected chi connectivity index (χ0v) is 13.9. The van der Waals surface area contributed by atoms with E-state index in [1.165, 1.54) is 5.56 Å². The zero-order valence-electron chi connectivity index (χ0n) is 11.5. The maximum absolute atomic E-state index is 12.6. The standard InChI is InChI=1S/C16H16BrF2NS/c1-11(10-12-6-8-13(17)9-7-12)20-14-4-2-3-5-15(14)21-16(18)19/h2-9,11,16,20H,10H2,1H3. The number of anilines is 1. The lowest BCUT2D eigenvalue weighted by molar-refractivity contribution is 0.252. The molecule has 2 rings (SSSR count). The first-order valence-electron chi connectivity index (χ1n) is 6.59. The van der Waals surface area contributed by atoms with Gasteiger partial charge in [0.1, 0.15) is 0 Å². The molecule has 0 aliphatic carbocycles. The summed E-state index contributed by atoms with van der Waals surface area (Å²) in [6.45, 7) is 2.05. The lowest BCUT2D eigenvalue weighted by Gasteiger charge is -2.18. The van der Waals surface area contributed by atoms with E-state index >= 15 is 0 Å². The highest BCUT2D eigenvalue weighted by Crippen LogP contribution is 2.32. The minimum absolute atomic E-state index is 0.158. The second-order valence-corrected chi connectivity index (χ2v) is 6.70. The lowest BCUT2D eigenvalue weighted by Crippen LogP contribution is -2.18. The van der Waals surface area contributed by atoms with E-state index in [-0.39, 0.29) is 6.04 Å². The Morgan fingerprint density at radius 2 is 1.76 bits per heavy atom. The van der Waals surface area contributed by atoms with Crippen LogP contribution in [0.5, 0.6) is 0 Å². The van der Waals surface area contributed by atoms with Crippen molar-refractivity contribution in [2.45, 2.75) is 30.0 Å². The van der Waals surface area contributed by atoms with Gasteiger partial charge >= 0.3 is 0 Å². The van der Waals surface area contributed by atoms with Crippen molar-refractivity contribution in [1.29, 1.82) is 0 Å². The molecule has 1 N–H and O–H groups in total. The molecule has 2 aromatic rings. The fourth-order valence-electron chi connectivity index (χ4n) is 2.08. The van der Waals surface area contributed by atoms with E-state index in [2.05, 4.69) is 33.4 Å². The highest BCUT2D eigenvalue weighted by atomic mass is 79.9. The molecule has 0 amide bonds. The van der Waals surface area contributed by atoms with E-state index in [4.69, 9.17) is 0 Å². The Bertz CT molecular complexity index is 575. The fraction of sp³-hybridized carbons (Fsp3) is 0.250. The summed E-state index contributed by atoms with van der Waals surface area (Å²) in [7, 11) is 0. The second kappa shape index (κ2) is 7.80. The molecule has 0 heterocycles. The van der Waals surface area contributed by atoms with Crippen molar-refractivity contribution in [2.75, 3.05) is 5.32 Å². The van der Waals surface area contributed by atoms with Crippen LogP contribution in [0.2, 0.25) is 0 Å². The molecule has 1 atom stereocenters. The summed E-state index contributed by atoms with van der Waals surface area (Å²) < 4.78 is 26.2. The highest BCUT2D eigenvalue weighted by Gasteiger charge is 2.11. The fourth-order valence-corrected chi connectivity index (χ4v) is 2.94. The van der Waals surface area contributed by atoms with Gasteiger partial charge in [0.15, 0.2) is 0 Å². The molecule has 0 radical (unpaired) electrons. The van der Waals surface area contributed by atoms with Crippen LogP contribution in [0, 0.1) is 0 Å². The summed E-state index contributed by atoms with van der Waals surface area (Å²) in [4.78, 5) is 0.579. The van der Waals surface area contributed by atoms with Gasteiger partial charge in [-0.1, -0.05) is 52.0 Å². The molecule has 0 aliphatic heterocycles. The minimum Gasteiger partial charge on any atom is -0.381 e. The Kier molecular flexibility index (Phi) is 6.06. The largest absolute Gasteiger partial charge is 0.381 e. The van der Waals surface area contributed by atoms with Crippen molar-refractivity contribution in [2.24, 2.45) is 0 Å². The van der Waals surface area contributed by atoms with E-state index in [0.29, 0.717) is 16.7 Å². The van der Waals surface area contributed by atoms with E-state index < -0.39 is 5.76 Å². The Morgan fingerprint density at radius 3 is 2.43 bits per heavy atom. The summed E-state index contributed by atoms with van der Waals surface area (Å²) in [6.07, 6.45) is 0.834. The van der Waals surface area contributed by atoms with Crippen molar-refractivity contribution in [3.05, 3.63) is 58.6 Å². The van der Waals surface area contributed by atoms with Crippen LogP contribution in [0.15, 0.2) is 57.9 Å². The van der Waals surface area contributed by atoms with Gasteiger partial charge in [0.05, 0.1) is 0 Å². The van der Waals surface area contributed by atoms with E-state index in [0.717, 1.165) is 16.6 Å². The summed E-state index contributed by atoms with van der Waals surface area (Å²) in [5.41, 5.74) is 1.96. The molecule has 21 heavy (non-hydrogen) atoms. The number of halogens is 3. The summed E-state index contributed by atoms with van der Waals surface area (Å²) in [5, 5.41) is 3.31. The van der Waals surface area contributed by atoms with Gasteiger partial charge in [-0.15, -0.1) is 0 Å². The maximum Gasteiger partial charge on any atom is 0.288 e. The number of nitrogens with one attached hydrogen (secondary N) is 1. The van der Waals surface area contributed by atoms with Crippen LogP contribution >= 0.6 is 27.7 Å². The Morgan fingerprint density at radius 1 is 1.10 bits per heavy atom. The summed E-state index contributed by atoms with van der Waals surface area (Å²) >= 11 is 3.98. The van der Waals surface area contributed by atoms with Gasteiger partial charge in [0, 0.05) is 21.1 Å². The summed E-state index contributed by atoms with van der Waals surface area (Å²) in [6, 6.07) is 15.5. The normalized spacial score (nSPS) is 12.4. The van der Waals surface area contributed by atoms with Gasteiger partial charge in [-0.2, -0.15) is 8.78 Å². The van der Waals surface area contributed by atoms with E-state index in [1.54, 1.807) is 12.1 Å². The molecule has 5 heteroatoms. The number of thioether (sulfide) groups is 1. The predicted octanol–water partition coefficient (Wildman–Crippen LogP) is 5.81. The number of rotatable bonds is 6. The third-order valence-electron chi connectivity index (χ3n) is 2.96. The van der Waals surface area contributed by atoms with E-state index in [9.17, 15) is 8.78 Å². The van der Waals surface area contributed by atoms with Crippen molar-refractivity contribution in [3.8, 4) is 0 Å². The first kappa shape index (κ1) is 16.3. The SMILES string of the molecule is CC(Cc1ccc(Br)cc1)Nc1ccccc1SC(F)F. The maximum atomic E-state index is 12.6. The Hall–Kier alpha value is -1.07. The average molecular weight is 372 g/mol. The number of benzene rings is 2. The third kappa shape index (κ3) is 5.32. The average Bonchev–Trinajstić information content (AvgIpc) is 2.43.